The maximum absolute atomic E-state index is 13.6. The van der Waals surface area contributed by atoms with Gasteiger partial charge in [0.05, 0.1) is 0 Å². The second-order valence-electron chi connectivity index (χ2n) is 6.14. The van der Waals surface area contributed by atoms with E-state index in [9.17, 15) is 18.4 Å². The molecule has 0 unspecified atom stereocenters. The molecule has 0 radical (unpaired) electrons. The van der Waals surface area contributed by atoms with E-state index in [4.69, 9.17) is 0 Å². The van der Waals surface area contributed by atoms with Crippen molar-refractivity contribution in [3.8, 4) is 0 Å². The van der Waals surface area contributed by atoms with Crippen molar-refractivity contribution in [2.45, 2.75) is 6.42 Å². The highest BCUT2D eigenvalue weighted by molar-refractivity contribution is 6.05. The molecule has 0 bridgehead atoms. The number of halogens is 2. The quantitative estimate of drug-likeness (QED) is 0.674. The van der Waals surface area contributed by atoms with E-state index >= 15 is 0 Å². The van der Waals surface area contributed by atoms with Crippen LogP contribution >= 0.6 is 0 Å². The Morgan fingerprint density at radius 3 is 2.14 bits per heavy atom. The molecule has 0 spiro atoms. The van der Waals surface area contributed by atoms with Gasteiger partial charge in [-0.25, -0.2) is 8.78 Å². The minimum absolute atomic E-state index is 0.293. The SMILES string of the molecule is O=C(NCCc1ccccc1F)c1ccc(C(=O)Nc2cccc(F)c2)cc1. The van der Waals surface area contributed by atoms with Crippen molar-refractivity contribution in [1.29, 1.82) is 0 Å². The third-order valence-electron chi connectivity index (χ3n) is 4.13. The smallest absolute Gasteiger partial charge is 0.255 e. The summed E-state index contributed by atoms with van der Waals surface area (Å²) in [4.78, 5) is 24.4. The first kappa shape index (κ1) is 19.2. The highest BCUT2D eigenvalue weighted by Crippen LogP contribution is 2.12. The van der Waals surface area contributed by atoms with E-state index < -0.39 is 11.7 Å². The first-order valence-corrected chi connectivity index (χ1v) is 8.71. The Morgan fingerprint density at radius 2 is 1.46 bits per heavy atom. The maximum atomic E-state index is 13.6. The van der Waals surface area contributed by atoms with Crippen molar-refractivity contribution in [3.05, 3.63) is 101 Å². The van der Waals surface area contributed by atoms with Crippen LogP contribution in [0.1, 0.15) is 26.3 Å². The Kier molecular flexibility index (Phi) is 6.11. The molecule has 2 N–H and O–H groups in total. The normalized spacial score (nSPS) is 10.4. The van der Waals surface area contributed by atoms with Gasteiger partial charge in [-0.05, 0) is 60.5 Å². The molecule has 0 aliphatic rings. The highest BCUT2D eigenvalue weighted by Gasteiger charge is 2.10. The van der Waals surface area contributed by atoms with Gasteiger partial charge in [0.15, 0.2) is 0 Å². The van der Waals surface area contributed by atoms with Crippen LogP contribution in [0.4, 0.5) is 14.5 Å². The fraction of sp³-hybridized carbons (Fsp3) is 0.0909. The summed E-state index contributed by atoms with van der Waals surface area (Å²) in [5.74, 6) is -1.46. The van der Waals surface area contributed by atoms with Gasteiger partial charge in [0.1, 0.15) is 11.6 Å². The molecule has 3 rings (SSSR count). The number of hydrogen-bond donors (Lipinski definition) is 2. The maximum Gasteiger partial charge on any atom is 0.255 e. The molecule has 4 nitrogen and oxygen atoms in total. The number of carbonyl (C=O) groups is 2. The van der Waals surface area contributed by atoms with Crippen LogP contribution in [0.5, 0.6) is 0 Å². The zero-order valence-corrected chi connectivity index (χ0v) is 14.9. The first-order chi connectivity index (χ1) is 13.5. The van der Waals surface area contributed by atoms with Crippen molar-refractivity contribution < 1.29 is 18.4 Å². The van der Waals surface area contributed by atoms with Crippen LogP contribution in [0.15, 0.2) is 72.8 Å². The van der Waals surface area contributed by atoms with E-state index in [1.54, 1.807) is 24.3 Å². The molecule has 2 amide bonds. The number of benzene rings is 3. The number of rotatable bonds is 6. The third-order valence-corrected chi connectivity index (χ3v) is 4.13. The molecular formula is C22H18F2N2O2. The largest absolute Gasteiger partial charge is 0.352 e. The van der Waals surface area contributed by atoms with Crippen molar-refractivity contribution in [2.75, 3.05) is 11.9 Å². The molecular weight excluding hydrogens is 362 g/mol. The highest BCUT2D eigenvalue weighted by atomic mass is 19.1. The Morgan fingerprint density at radius 1 is 0.786 bits per heavy atom. The molecule has 0 fully saturated rings. The molecule has 0 aliphatic carbocycles. The monoisotopic (exact) mass is 380 g/mol. The predicted molar refractivity (Wildman–Crippen MR) is 103 cm³/mol. The second kappa shape index (κ2) is 8.90. The lowest BCUT2D eigenvalue weighted by atomic mass is 10.1. The number of anilines is 1. The second-order valence-corrected chi connectivity index (χ2v) is 6.14. The van der Waals surface area contributed by atoms with Crippen LogP contribution in [-0.4, -0.2) is 18.4 Å². The summed E-state index contributed by atoms with van der Waals surface area (Å²) in [5, 5.41) is 5.31. The van der Waals surface area contributed by atoms with E-state index in [1.165, 1.54) is 48.5 Å². The van der Waals surface area contributed by atoms with E-state index in [0.29, 0.717) is 35.3 Å². The number of hydrogen-bond acceptors (Lipinski definition) is 2. The van der Waals surface area contributed by atoms with Crippen LogP contribution in [0.25, 0.3) is 0 Å². The Balaban J connectivity index is 1.55. The average Bonchev–Trinajstić information content (AvgIpc) is 2.69. The predicted octanol–water partition coefficient (Wildman–Crippen LogP) is 4.19. The molecule has 0 aromatic heterocycles. The van der Waals surface area contributed by atoms with Gasteiger partial charge >= 0.3 is 0 Å². The van der Waals surface area contributed by atoms with E-state index in [2.05, 4.69) is 10.6 Å². The van der Waals surface area contributed by atoms with Crippen LogP contribution in [-0.2, 0) is 6.42 Å². The number of carbonyl (C=O) groups excluding carboxylic acids is 2. The van der Waals surface area contributed by atoms with Crippen molar-refractivity contribution in [2.24, 2.45) is 0 Å². The summed E-state index contributed by atoms with van der Waals surface area (Å²) in [6.45, 7) is 0.293. The van der Waals surface area contributed by atoms with E-state index in [1.807, 2.05) is 0 Å². The van der Waals surface area contributed by atoms with E-state index in [0.717, 1.165) is 0 Å². The fourth-order valence-corrected chi connectivity index (χ4v) is 2.66. The number of nitrogens with one attached hydrogen (secondary N) is 2. The summed E-state index contributed by atoms with van der Waals surface area (Å²) < 4.78 is 26.7. The third kappa shape index (κ3) is 5.01. The summed E-state index contributed by atoms with van der Waals surface area (Å²) in [5.41, 5.74) is 1.61. The van der Waals surface area contributed by atoms with Gasteiger partial charge in [0.25, 0.3) is 11.8 Å². The van der Waals surface area contributed by atoms with Gasteiger partial charge in [-0.2, -0.15) is 0 Å². The molecule has 0 saturated heterocycles. The Hall–Kier alpha value is -3.54. The van der Waals surface area contributed by atoms with Gasteiger partial charge < -0.3 is 10.6 Å². The van der Waals surface area contributed by atoms with Gasteiger partial charge in [-0.15, -0.1) is 0 Å². The molecule has 6 heteroatoms. The zero-order chi connectivity index (χ0) is 19.9. The van der Waals surface area contributed by atoms with Crippen molar-refractivity contribution in [1.82, 2.24) is 5.32 Å². The van der Waals surface area contributed by atoms with Gasteiger partial charge in [-0.1, -0.05) is 24.3 Å². The summed E-state index contributed by atoms with van der Waals surface area (Å²) in [7, 11) is 0. The molecule has 0 saturated carbocycles. The molecule has 0 atom stereocenters. The topological polar surface area (TPSA) is 58.2 Å². The average molecular weight is 380 g/mol. The van der Waals surface area contributed by atoms with Crippen LogP contribution in [0.2, 0.25) is 0 Å². The zero-order valence-electron chi connectivity index (χ0n) is 14.9. The fourth-order valence-electron chi connectivity index (χ4n) is 2.66. The summed E-state index contributed by atoms with van der Waals surface area (Å²) in [6, 6.07) is 18.1. The van der Waals surface area contributed by atoms with Gasteiger partial charge in [-0.3, -0.25) is 9.59 Å². The lowest BCUT2D eigenvalue weighted by molar-refractivity contribution is 0.0952. The molecule has 28 heavy (non-hydrogen) atoms. The molecule has 3 aromatic rings. The van der Waals surface area contributed by atoms with Crippen molar-refractivity contribution >= 4 is 17.5 Å². The molecule has 142 valence electrons. The van der Waals surface area contributed by atoms with Crippen LogP contribution in [0.3, 0.4) is 0 Å². The Bertz CT molecular complexity index is 988. The van der Waals surface area contributed by atoms with Gasteiger partial charge in [0, 0.05) is 23.4 Å². The van der Waals surface area contributed by atoms with Gasteiger partial charge in [0.2, 0.25) is 0 Å². The van der Waals surface area contributed by atoms with Crippen LogP contribution in [0, 0.1) is 11.6 Å². The van der Waals surface area contributed by atoms with E-state index in [-0.39, 0.29) is 11.7 Å². The molecule has 3 aromatic carbocycles. The summed E-state index contributed by atoms with van der Waals surface area (Å²) >= 11 is 0. The number of amides is 2. The first-order valence-electron chi connectivity index (χ1n) is 8.71. The lowest BCUT2D eigenvalue weighted by Crippen LogP contribution is -2.26. The van der Waals surface area contributed by atoms with Crippen molar-refractivity contribution in [3.63, 3.8) is 0 Å². The molecule has 0 heterocycles. The Labute approximate surface area is 161 Å². The summed E-state index contributed by atoms with van der Waals surface area (Å²) in [6.07, 6.45) is 0.381. The molecule has 0 aliphatic heterocycles. The minimum Gasteiger partial charge on any atom is -0.352 e. The minimum atomic E-state index is -0.444. The van der Waals surface area contributed by atoms with Crippen LogP contribution < -0.4 is 10.6 Å². The standard InChI is InChI=1S/C22H18F2N2O2/c23-18-5-3-6-19(14-18)26-22(28)17-10-8-16(9-11-17)21(27)25-13-12-15-4-1-2-7-20(15)24/h1-11,14H,12-13H2,(H,25,27)(H,26,28). The lowest BCUT2D eigenvalue weighted by Gasteiger charge is -2.08.